The molecule has 0 saturated heterocycles. The third-order valence-corrected chi connectivity index (χ3v) is 10.7. The van der Waals surface area contributed by atoms with Gasteiger partial charge in [-0.15, -0.1) is 0 Å². The van der Waals surface area contributed by atoms with Crippen LogP contribution in [0.4, 0.5) is 0 Å². The number of allylic oxidation sites excluding steroid dienone is 16. The van der Waals surface area contributed by atoms with E-state index in [4.69, 9.17) is 14.2 Å². The van der Waals surface area contributed by atoms with E-state index in [9.17, 15) is 14.4 Å². The molecule has 0 heterocycles. The first-order chi connectivity index (χ1) is 31.0. The summed E-state index contributed by atoms with van der Waals surface area (Å²) in [4.78, 5) is 37.9. The van der Waals surface area contributed by atoms with Gasteiger partial charge in [-0.25, -0.2) is 0 Å². The van der Waals surface area contributed by atoms with Crippen molar-refractivity contribution in [3.63, 3.8) is 0 Å². The lowest BCUT2D eigenvalue weighted by Crippen LogP contribution is -2.30. The third-order valence-electron chi connectivity index (χ3n) is 10.7. The Morgan fingerprint density at radius 2 is 0.714 bits per heavy atom. The summed E-state index contributed by atoms with van der Waals surface area (Å²) in [5.41, 5.74) is 0. The molecule has 63 heavy (non-hydrogen) atoms. The van der Waals surface area contributed by atoms with Crippen LogP contribution in [0.25, 0.3) is 0 Å². The maximum absolute atomic E-state index is 12.8. The molecule has 6 nitrogen and oxygen atoms in total. The first kappa shape index (κ1) is 59.3. The summed E-state index contributed by atoms with van der Waals surface area (Å²) in [5.74, 6) is -1.03. The number of unbranched alkanes of at least 4 members (excludes halogenated alkanes) is 22. The van der Waals surface area contributed by atoms with Gasteiger partial charge in [0, 0.05) is 19.3 Å². The number of esters is 3. The number of hydrogen-bond acceptors (Lipinski definition) is 6. The number of carbonyl (C=O) groups excluding carboxylic acids is 3. The molecule has 0 aromatic carbocycles. The lowest BCUT2D eigenvalue weighted by Gasteiger charge is -2.18. The van der Waals surface area contributed by atoms with E-state index in [0.29, 0.717) is 19.3 Å². The number of carbonyl (C=O) groups is 3. The average molecular weight is 875 g/mol. The van der Waals surface area contributed by atoms with Gasteiger partial charge < -0.3 is 14.2 Å². The Morgan fingerprint density at radius 1 is 0.349 bits per heavy atom. The summed E-state index contributed by atoms with van der Waals surface area (Å²) < 4.78 is 16.7. The second-order valence-electron chi connectivity index (χ2n) is 16.8. The van der Waals surface area contributed by atoms with Crippen LogP contribution >= 0.6 is 0 Å². The highest BCUT2D eigenvalue weighted by Gasteiger charge is 2.19. The van der Waals surface area contributed by atoms with Crippen molar-refractivity contribution in [2.75, 3.05) is 13.2 Å². The standard InChI is InChI=1S/C57H94O6/c1-4-7-10-13-16-19-22-25-26-27-28-29-30-33-35-38-41-44-47-50-56(59)62-53-54(63-57(60)51-48-45-42-39-36-32-24-21-18-15-12-9-6-3)52-61-55(58)49-46-43-40-37-34-31-23-20-17-14-11-8-5-2/h9,12,15-16,18-19,21-22,24-25,31-32,34,36,40,43,54H,4-8,10-11,13-14,17,20,23,26-30,33,35,37-39,41-42,44-53H2,1-3H3/b12-9+,18-15+,19-16+,24-21+,25-22+,34-31+,36-32+,43-40+. The van der Waals surface area contributed by atoms with E-state index in [1.807, 2.05) is 42.5 Å². The Hall–Kier alpha value is -3.67. The minimum Gasteiger partial charge on any atom is -0.462 e. The van der Waals surface area contributed by atoms with Crippen molar-refractivity contribution < 1.29 is 28.6 Å². The Kier molecular flexibility index (Phi) is 48.0. The van der Waals surface area contributed by atoms with Crippen molar-refractivity contribution in [3.8, 4) is 0 Å². The van der Waals surface area contributed by atoms with E-state index in [-0.39, 0.29) is 44.0 Å². The first-order valence-corrected chi connectivity index (χ1v) is 25.8. The molecule has 0 aromatic heterocycles. The maximum Gasteiger partial charge on any atom is 0.306 e. The molecule has 0 N–H and O–H groups in total. The predicted molar refractivity (Wildman–Crippen MR) is 270 cm³/mol. The fourth-order valence-corrected chi connectivity index (χ4v) is 6.79. The van der Waals surface area contributed by atoms with Crippen molar-refractivity contribution in [2.45, 2.75) is 232 Å². The molecule has 0 spiro atoms. The molecule has 1 unspecified atom stereocenters. The largest absolute Gasteiger partial charge is 0.462 e. The number of rotatable bonds is 45. The summed E-state index contributed by atoms with van der Waals surface area (Å²) in [6, 6.07) is 0. The van der Waals surface area contributed by atoms with Gasteiger partial charge >= 0.3 is 17.9 Å². The monoisotopic (exact) mass is 875 g/mol. The normalized spacial score (nSPS) is 12.9. The molecule has 0 radical (unpaired) electrons. The van der Waals surface area contributed by atoms with Crippen LogP contribution in [-0.2, 0) is 28.6 Å². The second kappa shape index (κ2) is 51.0. The molecule has 6 heteroatoms. The zero-order valence-corrected chi connectivity index (χ0v) is 40.8. The lowest BCUT2D eigenvalue weighted by molar-refractivity contribution is -0.166. The molecule has 0 fully saturated rings. The molecule has 358 valence electrons. The van der Waals surface area contributed by atoms with Gasteiger partial charge in [0.25, 0.3) is 0 Å². The SMILES string of the molecule is CC/C=C/C=C/C=C/C=C/CCCCCC(=O)OC(COC(=O)CC/C=C/C/C=C/CCCCCCCC)COC(=O)CCCCCCCCCCCC/C=C/C=C/CCCCC. The Labute approximate surface area is 387 Å². The lowest BCUT2D eigenvalue weighted by atomic mass is 10.1. The van der Waals surface area contributed by atoms with Crippen LogP contribution in [0.5, 0.6) is 0 Å². The molecule has 0 aliphatic rings. The van der Waals surface area contributed by atoms with Crippen LogP contribution in [-0.4, -0.2) is 37.2 Å². The van der Waals surface area contributed by atoms with Crippen LogP contribution < -0.4 is 0 Å². The van der Waals surface area contributed by atoms with Crippen LogP contribution in [0.3, 0.4) is 0 Å². The minimum absolute atomic E-state index is 0.113. The highest BCUT2D eigenvalue weighted by molar-refractivity contribution is 5.71. The van der Waals surface area contributed by atoms with Crippen molar-refractivity contribution in [1.82, 2.24) is 0 Å². The highest BCUT2D eigenvalue weighted by atomic mass is 16.6. The van der Waals surface area contributed by atoms with Gasteiger partial charge in [0.2, 0.25) is 0 Å². The predicted octanol–water partition coefficient (Wildman–Crippen LogP) is 17.0. The molecule has 0 bridgehead atoms. The Balaban J connectivity index is 4.46. The number of hydrogen-bond donors (Lipinski definition) is 0. The van der Waals surface area contributed by atoms with Crippen molar-refractivity contribution >= 4 is 17.9 Å². The van der Waals surface area contributed by atoms with Crippen LogP contribution in [0, 0.1) is 0 Å². The van der Waals surface area contributed by atoms with E-state index in [2.05, 4.69) is 75.5 Å². The first-order valence-electron chi connectivity index (χ1n) is 25.8. The molecule has 0 saturated carbocycles. The third kappa shape index (κ3) is 49.2. The Bertz CT molecular complexity index is 1280. The molecule has 0 aromatic rings. The molecular formula is C57H94O6. The summed E-state index contributed by atoms with van der Waals surface area (Å²) in [6.07, 6.45) is 66.9. The van der Waals surface area contributed by atoms with Gasteiger partial charge in [0.1, 0.15) is 13.2 Å². The molecule has 0 aliphatic carbocycles. The highest BCUT2D eigenvalue weighted by Crippen LogP contribution is 2.14. The van der Waals surface area contributed by atoms with Gasteiger partial charge in [-0.05, 0) is 83.5 Å². The summed E-state index contributed by atoms with van der Waals surface area (Å²) in [7, 11) is 0. The summed E-state index contributed by atoms with van der Waals surface area (Å²) in [6.45, 7) is 6.36. The second-order valence-corrected chi connectivity index (χ2v) is 16.8. The molecule has 0 aliphatic heterocycles. The van der Waals surface area contributed by atoms with E-state index in [0.717, 1.165) is 57.8 Å². The van der Waals surface area contributed by atoms with E-state index >= 15 is 0 Å². The Morgan fingerprint density at radius 3 is 1.25 bits per heavy atom. The van der Waals surface area contributed by atoms with Gasteiger partial charge in [0.05, 0.1) is 0 Å². The molecule has 1 atom stereocenters. The van der Waals surface area contributed by atoms with Crippen molar-refractivity contribution in [3.05, 3.63) is 97.2 Å². The molecule has 0 amide bonds. The smallest absolute Gasteiger partial charge is 0.306 e. The summed E-state index contributed by atoms with van der Waals surface area (Å²) >= 11 is 0. The van der Waals surface area contributed by atoms with Gasteiger partial charge in [-0.1, -0.05) is 221 Å². The van der Waals surface area contributed by atoms with Gasteiger partial charge in [-0.2, -0.15) is 0 Å². The van der Waals surface area contributed by atoms with Crippen molar-refractivity contribution in [1.29, 1.82) is 0 Å². The minimum atomic E-state index is -0.822. The van der Waals surface area contributed by atoms with Crippen LogP contribution in [0.2, 0.25) is 0 Å². The number of ether oxygens (including phenoxy) is 3. The fourth-order valence-electron chi connectivity index (χ4n) is 6.79. The topological polar surface area (TPSA) is 78.9 Å². The van der Waals surface area contributed by atoms with Crippen LogP contribution in [0.1, 0.15) is 226 Å². The van der Waals surface area contributed by atoms with E-state index < -0.39 is 6.10 Å². The average Bonchev–Trinajstić information content (AvgIpc) is 3.28. The molecule has 0 rings (SSSR count). The quantitative estimate of drug-likeness (QED) is 0.0199. The van der Waals surface area contributed by atoms with Crippen molar-refractivity contribution in [2.24, 2.45) is 0 Å². The van der Waals surface area contributed by atoms with Gasteiger partial charge in [0.15, 0.2) is 6.10 Å². The van der Waals surface area contributed by atoms with E-state index in [1.54, 1.807) is 0 Å². The summed E-state index contributed by atoms with van der Waals surface area (Å²) in [5, 5.41) is 0. The van der Waals surface area contributed by atoms with Crippen LogP contribution in [0.15, 0.2) is 97.2 Å². The zero-order chi connectivity index (χ0) is 45.8. The fraction of sp³-hybridized carbons (Fsp3) is 0.667. The van der Waals surface area contributed by atoms with Gasteiger partial charge in [-0.3, -0.25) is 14.4 Å². The molecular weight excluding hydrogens is 781 g/mol. The zero-order valence-electron chi connectivity index (χ0n) is 40.8. The maximum atomic E-state index is 12.8. The van der Waals surface area contributed by atoms with E-state index in [1.165, 1.54) is 116 Å².